The Hall–Kier alpha value is -3.34. The molecule has 0 bridgehead atoms. The summed E-state index contributed by atoms with van der Waals surface area (Å²) in [5.41, 5.74) is 4.95. The zero-order valence-corrected chi connectivity index (χ0v) is 17.8. The van der Waals surface area contributed by atoms with Crippen molar-refractivity contribution < 1.29 is 4.74 Å². The Morgan fingerprint density at radius 3 is 2.43 bits per heavy atom. The van der Waals surface area contributed by atoms with Crippen LogP contribution in [0.1, 0.15) is 30.2 Å². The van der Waals surface area contributed by atoms with Crippen molar-refractivity contribution >= 4 is 11.0 Å². The minimum absolute atomic E-state index is 0.00983. The third kappa shape index (κ3) is 3.88. The molecule has 0 atom stereocenters. The van der Waals surface area contributed by atoms with Gasteiger partial charge in [0.15, 0.2) is 0 Å². The van der Waals surface area contributed by atoms with Gasteiger partial charge in [-0.3, -0.25) is 9.36 Å². The minimum Gasteiger partial charge on any atom is -0.494 e. The summed E-state index contributed by atoms with van der Waals surface area (Å²) in [4.78, 5) is 12.9. The van der Waals surface area contributed by atoms with Crippen molar-refractivity contribution in [1.82, 2.24) is 14.3 Å². The van der Waals surface area contributed by atoms with Crippen LogP contribution in [-0.2, 0) is 13.0 Å². The lowest BCUT2D eigenvalue weighted by Gasteiger charge is -2.13. The molecule has 0 fully saturated rings. The molecule has 0 aliphatic carbocycles. The van der Waals surface area contributed by atoms with Crippen LogP contribution in [0.4, 0.5) is 0 Å². The summed E-state index contributed by atoms with van der Waals surface area (Å²) in [6.07, 6.45) is 1.74. The van der Waals surface area contributed by atoms with Crippen LogP contribution < -0.4 is 10.3 Å². The van der Waals surface area contributed by atoms with Crippen LogP contribution in [-0.4, -0.2) is 21.0 Å². The van der Waals surface area contributed by atoms with E-state index in [9.17, 15) is 4.79 Å². The third-order valence-electron chi connectivity index (χ3n) is 5.42. The van der Waals surface area contributed by atoms with Gasteiger partial charge in [0.05, 0.1) is 18.0 Å². The van der Waals surface area contributed by atoms with Crippen LogP contribution in [0.2, 0.25) is 0 Å². The molecular formula is C25H27N3O2. The largest absolute Gasteiger partial charge is 0.494 e. The van der Waals surface area contributed by atoms with E-state index in [-0.39, 0.29) is 5.56 Å². The Bertz CT molecular complexity index is 1210. The first-order valence-electron chi connectivity index (χ1n) is 10.5. The second kappa shape index (κ2) is 8.57. The molecule has 0 saturated carbocycles. The van der Waals surface area contributed by atoms with E-state index in [1.807, 2.05) is 65.6 Å². The summed E-state index contributed by atoms with van der Waals surface area (Å²) in [5, 5.41) is 5.78. The Morgan fingerprint density at radius 1 is 1.00 bits per heavy atom. The highest BCUT2D eigenvalue weighted by Gasteiger charge is 2.16. The second-order valence-corrected chi connectivity index (χ2v) is 7.55. The molecule has 0 N–H and O–H groups in total. The van der Waals surface area contributed by atoms with E-state index in [2.05, 4.69) is 19.1 Å². The Morgan fingerprint density at radius 2 is 1.73 bits per heavy atom. The predicted octanol–water partition coefficient (Wildman–Crippen LogP) is 4.84. The fourth-order valence-electron chi connectivity index (χ4n) is 3.87. The Labute approximate surface area is 176 Å². The summed E-state index contributed by atoms with van der Waals surface area (Å²) in [6.45, 7) is 7.22. The molecule has 5 heteroatoms. The number of rotatable bonds is 7. The minimum atomic E-state index is -0.00983. The maximum atomic E-state index is 12.9. The van der Waals surface area contributed by atoms with Gasteiger partial charge < -0.3 is 4.74 Å². The first-order chi connectivity index (χ1) is 14.6. The zero-order chi connectivity index (χ0) is 21.1. The number of hydrogen-bond donors (Lipinski definition) is 0. The molecule has 0 amide bonds. The third-order valence-corrected chi connectivity index (χ3v) is 5.42. The van der Waals surface area contributed by atoms with Crippen molar-refractivity contribution in [1.29, 1.82) is 0 Å². The van der Waals surface area contributed by atoms with Crippen LogP contribution >= 0.6 is 0 Å². The zero-order valence-electron chi connectivity index (χ0n) is 17.8. The molecule has 5 nitrogen and oxygen atoms in total. The molecule has 30 heavy (non-hydrogen) atoms. The molecule has 4 aromatic rings. The van der Waals surface area contributed by atoms with E-state index >= 15 is 0 Å². The molecule has 0 spiro atoms. The molecule has 154 valence electrons. The number of aryl methyl sites for hydroxylation is 4. The average molecular weight is 402 g/mol. The molecule has 2 heterocycles. The smallest absolute Gasteiger partial charge is 0.252 e. The Kier molecular flexibility index (Phi) is 5.70. The number of fused-ring (bicyclic) bond motifs is 1. The second-order valence-electron chi connectivity index (χ2n) is 7.55. The van der Waals surface area contributed by atoms with E-state index in [1.54, 1.807) is 6.07 Å². The number of para-hydroxylation sites is 1. The first kappa shape index (κ1) is 20.0. The van der Waals surface area contributed by atoms with Crippen molar-refractivity contribution in [2.45, 2.75) is 40.2 Å². The monoisotopic (exact) mass is 401 g/mol. The predicted molar refractivity (Wildman–Crippen MR) is 121 cm³/mol. The summed E-state index contributed by atoms with van der Waals surface area (Å²) >= 11 is 0. The SMILES string of the molecule is CCc1ccc(OCCCn2c(=O)cc(C)c3c(C)nn(-c4ccccc4)c32)cc1. The van der Waals surface area contributed by atoms with Gasteiger partial charge in [0.1, 0.15) is 11.4 Å². The molecule has 4 rings (SSSR count). The lowest BCUT2D eigenvalue weighted by atomic mass is 10.1. The van der Waals surface area contributed by atoms with Gasteiger partial charge in [0.25, 0.3) is 5.56 Å². The summed E-state index contributed by atoms with van der Waals surface area (Å²) in [6, 6.07) is 19.8. The maximum Gasteiger partial charge on any atom is 0.252 e. The molecule has 0 saturated heterocycles. The highest BCUT2D eigenvalue weighted by molar-refractivity contribution is 5.83. The van der Waals surface area contributed by atoms with Crippen molar-refractivity contribution in [3.8, 4) is 11.4 Å². The lowest BCUT2D eigenvalue weighted by molar-refractivity contribution is 0.301. The standard InChI is InChI=1S/C25H27N3O2/c1-4-20-11-13-22(14-12-20)30-16-8-15-27-23(29)17-18(2)24-19(3)26-28(25(24)27)21-9-6-5-7-10-21/h5-7,9-14,17H,4,8,15-16H2,1-3H3. The van der Waals surface area contributed by atoms with Crippen LogP contribution in [0.15, 0.2) is 65.5 Å². The molecule has 2 aromatic heterocycles. The van der Waals surface area contributed by atoms with Gasteiger partial charge in [-0.2, -0.15) is 5.10 Å². The van der Waals surface area contributed by atoms with Crippen molar-refractivity contribution in [2.24, 2.45) is 0 Å². The molecule has 2 aromatic carbocycles. The Balaban J connectivity index is 1.61. The molecule has 0 radical (unpaired) electrons. The van der Waals surface area contributed by atoms with E-state index in [0.29, 0.717) is 13.2 Å². The highest BCUT2D eigenvalue weighted by atomic mass is 16.5. The van der Waals surface area contributed by atoms with E-state index < -0.39 is 0 Å². The van der Waals surface area contributed by atoms with Crippen LogP contribution in [0.3, 0.4) is 0 Å². The number of pyridine rings is 1. The number of nitrogens with zero attached hydrogens (tertiary/aromatic N) is 3. The van der Waals surface area contributed by atoms with Crippen LogP contribution in [0, 0.1) is 13.8 Å². The quantitative estimate of drug-likeness (QED) is 0.417. The fourth-order valence-corrected chi connectivity index (χ4v) is 3.87. The topological polar surface area (TPSA) is 49.1 Å². The van der Waals surface area contributed by atoms with Gasteiger partial charge >= 0.3 is 0 Å². The summed E-state index contributed by atoms with van der Waals surface area (Å²) in [5.74, 6) is 0.860. The molecule has 0 unspecified atom stereocenters. The van der Waals surface area contributed by atoms with E-state index in [1.165, 1.54) is 5.56 Å². The van der Waals surface area contributed by atoms with E-state index in [4.69, 9.17) is 9.84 Å². The number of ether oxygens (including phenoxy) is 1. The molecular weight excluding hydrogens is 374 g/mol. The van der Waals surface area contributed by atoms with Gasteiger partial charge in [-0.05, 0) is 62.1 Å². The highest BCUT2D eigenvalue weighted by Crippen LogP contribution is 2.24. The number of benzene rings is 2. The average Bonchev–Trinajstić information content (AvgIpc) is 3.11. The summed E-state index contributed by atoms with van der Waals surface area (Å²) in [7, 11) is 0. The number of aromatic nitrogens is 3. The van der Waals surface area contributed by atoms with E-state index in [0.717, 1.165) is 46.6 Å². The van der Waals surface area contributed by atoms with Crippen molar-refractivity contribution in [3.63, 3.8) is 0 Å². The van der Waals surface area contributed by atoms with Gasteiger partial charge in [0.2, 0.25) is 0 Å². The molecule has 0 aliphatic heterocycles. The number of hydrogen-bond acceptors (Lipinski definition) is 3. The van der Waals surface area contributed by atoms with Gasteiger partial charge in [0, 0.05) is 18.0 Å². The first-order valence-corrected chi connectivity index (χ1v) is 10.5. The summed E-state index contributed by atoms with van der Waals surface area (Å²) < 4.78 is 9.58. The van der Waals surface area contributed by atoms with Gasteiger partial charge in [-0.25, -0.2) is 4.68 Å². The normalized spacial score (nSPS) is 11.2. The fraction of sp³-hybridized carbons (Fsp3) is 0.280. The van der Waals surface area contributed by atoms with Crippen molar-refractivity contribution in [2.75, 3.05) is 6.61 Å². The van der Waals surface area contributed by atoms with Gasteiger partial charge in [-0.1, -0.05) is 37.3 Å². The van der Waals surface area contributed by atoms with Crippen molar-refractivity contribution in [3.05, 3.63) is 87.8 Å². The maximum absolute atomic E-state index is 12.9. The van der Waals surface area contributed by atoms with Gasteiger partial charge in [-0.15, -0.1) is 0 Å². The van der Waals surface area contributed by atoms with Crippen LogP contribution in [0.25, 0.3) is 16.7 Å². The van der Waals surface area contributed by atoms with Crippen LogP contribution in [0.5, 0.6) is 5.75 Å². The lowest BCUT2D eigenvalue weighted by Crippen LogP contribution is -2.23. The molecule has 0 aliphatic rings.